The predicted octanol–water partition coefficient (Wildman–Crippen LogP) is 3.05. The minimum Gasteiger partial charge on any atom is -0.493 e. The van der Waals surface area contributed by atoms with Gasteiger partial charge in [0.25, 0.3) is 5.91 Å². The summed E-state index contributed by atoms with van der Waals surface area (Å²) in [7, 11) is 4.88. The fraction of sp³-hybridized carbons (Fsp3) is 0.286. The number of hydrogen-bond acceptors (Lipinski definition) is 5. The molecule has 1 heterocycles. The summed E-state index contributed by atoms with van der Waals surface area (Å²) in [6, 6.07) is 11.5. The van der Waals surface area contributed by atoms with Crippen molar-refractivity contribution in [3.8, 4) is 17.2 Å². The van der Waals surface area contributed by atoms with Gasteiger partial charge in [0, 0.05) is 13.6 Å². The first kappa shape index (κ1) is 20.3. The lowest BCUT2D eigenvalue weighted by atomic mass is 10.1. The van der Waals surface area contributed by atoms with Gasteiger partial charge in [0.05, 0.1) is 19.9 Å². The number of nitrogens with zero attached hydrogens (tertiary/aromatic N) is 4. The van der Waals surface area contributed by atoms with E-state index < -0.39 is 0 Å². The lowest BCUT2D eigenvalue weighted by Crippen LogP contribution is -2.29. The first-order valence-electron chi connectivity index (χ1n) is 9.09. The van der Waals surface area contributed by atoms with Crippen molar-refractivity contribution in [2.45, 2.75) is 13.3 Å². The third kappa shape index (κ3) is 4.53. The van der Waals surface area contributed by atoms with Crippen molar-refractivity contribution in [2.75, 3.05) is 27.8 Å². The van der Waals surface area contributed by atoms with Crippen LogP contribution in [-0.2, 0) is 6.42 Å². The Bertz CT molecular complexity index is 1000. The summed E-state index contributed by atoms with van der Waals surface area (Å²) in [5.41, 5.74) is 1.66. The molecule has 152 valence electrons. The number of ether oxygens (including phenoxy) is 2. The summed E-state index contributed by atoms with van der Waals surface area (Å²) in [6.07, 6.45) is 0.639. The number of aryl methyl sites for hydroxylation is 1. The number of hydrogen-bond donors (Lipinski definition) is 0. The van der Waals surface area contributed by atoms with Gasteiger partial charge in [-0.3, -0.25) is 4.79 Å². The second-order valence-electron chi connectivity index (χ2n) is 6.54. The van der Waals surface area contributed by atoms with Crippen molar-refractivity contribution in [1.82, 2.24) is 19.7 Å². The Kier molecular flexibility index (Phi) is 6.11. The molecule has 0 bridgehead atoms. The van der Waals surface area contributed by atoms with Crippen molar-refractivity contribution in [2.24, 2.45) is 0 Å². The average molecular weight is 398 g/mol. The second-order valence-corrected chi connectivity index (χ2v) is 6.54. The van der Waals surface area contributed by atoms with Gasteiger partial charge in [-0.15, -0.1) is 5.10 Å². The van der Waals surface area contributed by atoms with Crippen molar-refractivity contribution in [1.29, 1.82) is 0 Å². The molecule has 1 amide bonds. The van der Waals surface area contributed by atoms with Crippen LogP contribution in [0.4, 0.5) is 4.39 Å². The van der Waals surface area contributed by atoms with Gasteiger partial charge in [0.15, 0.2) is 11.5 Å². The minimum absolute atomic E-state index is 0.0987. The normalized spacial score (nSPS) is 10.7. The monoisotopic (exact) mass is 398 g/mol. The van der Waals surface area contributed by atoms with Crippen LogP contribution >= 0.6 is 0 Å². The lowest BCUT2D eigenvalue weighted by Gasteiger charge is -2.16. The average Bonchev–Trinajstić information content (AvgIpc) is 3.13. The van der Waals surface area contributed by atoms with E-state index in [0.29, 0.717) is 36.0 Å². The van der Waals surface area contributed by atoms with Crippen molar-refractivity contribution in [3.63, 3.8) is 0 Å². The van der Waals surface area contributed by atoms with E-state index in [-0.39, 0.29) is 17.5 Å². The molecule has 0 aliphatic heterocycles. The van der Waals surface area contributed by atoms with Gasteiger partial charge in [-0.2, -0.15) is 0 Å². The molecule has 0 aliphatic carbocycles. The van der Waals surface area contributed by atoms with Crippen LogP contribution < -0.4 is 9.47 Å². The smallest absolute Gasteiger partial charge is 0.293 e. The third-order valence-electron chi connectivity index (χ3n) is 4.56. The Labute approximate surface area is 168 Å². The molecule has 0 spiro atoms. The maximum Gasteiger partial charge on any atom is 0.293 e. The van der Waals surface area contributed by atoms with E-state index in [0.717, 1.165) is 5.56 Å². The topological polar surface area (TPSA) is 69.5 Å². The second kappa shape index (κ2) is 8.72. The molecule has 29 heavy (non-hydrogen) atoms. The van der Waals surface area contributed by atoms with Crippen LogP contribution in [0.2, 0.25) is 0 Å². The van der Waals surface area contributed by atoms with Gasteiger partial charge < -0.3 is 14.4 Å². The molecule has 3 aromatic rings. The zero-order valence-corrected chi connectivity index (χ0v) is 16.8. The van der Waals surface area contributed by atoms with Gasteiger partial charge in [-0.1, -0.05) is 6.07 Å². The molecule has 0 fully saturated rings. The number of rotatable bonds is 7. The Hall–Kier alpha value is -3.42. The van der Waals surface area contributed by atoms with Crippen LogP contribution in [0.15, 0.2) is 42.5 Å². The van der Waals surface area contributed by atoms with E-state index in [2.05, 4.69) is 10.1 Å². The number of amides is 1. The van der Waals surface area contributed by atoms with E-state index >= 15 is 0 Å². The van der Waals surface area contributed by atoms with Gasteiger partial charge in [0.2, 0.25) is 5.82 Å². The Morgan fingerprint density at radius 3 is 2.45 bits per heavy atom. The maximum atomic E-state index is 13.1. The maximum absolute atomic E-state index is 13.1. The fourth-order valence-corrected chi connectivity index (χ4v) is 2.91. The molecule has 0 saturated heterocycles. The molecular formula is C21H23FN4O3. The van der Waals surface area contributed by atoms with Crippen LogP contribution in [0, 0.1) is 12.7 Å². The molecule has 2 aromatic carbocycles. The lowest BCUT2D eigenvalue weighted by molar-refractivity contribution is 0.0784. The Morgan fingerprint density at radius 2 is 1.79 bits per heavy atom. The molecule has 0 saturated carbocycles. The summed E-state index contributed by atoms with van der Waals surface area (Å²) in [5, 5.41) is 4.29. The highest BCUT2D eigenvalue weighted by atomic mass is 19.1. The van der Waals surface area contributed by atoms with E-state index in [9.17, 15) is 9.18 Å². The zero-order chi connectivity index (χ0) is 21.0. The minimum atomic E-state index is -0.335. The number of carbonyl (C=O) groups is 1. The highest BCUT2D eigenvalue weighted by molar-refractivity contribution is 5.90. The SMILES string of the molecule is COc1ccc(CCN(C)C(=O)c2nc(C)n(-c3ccc(F)cc3)n2)cc1OC. The molecule has 8 heteroatoms. The standard InChI is InChI=1S/C21H23FN4O3/c1-14-23-20(24-26(14)17-8-6-16(22)7-9-17)21(27)25(2)12-11-15-5-10-18(28-3)19(13-15)29-4/h5-10,13H,11-12H2,1-4H3. The molecular weight excluding hydrogens is 375 g/mol. The Morgan fingerprint density at radius 1 is 1.10 bits per heavy atom. The first-order chi connectivity index (χ1) is 13.9. The van der Waals surface area contributed by atoms with Crippen LogP contribution in [0.1, 0.15) is 22.0 Å². The number of halogens is 1. The van der Waals surface area contributed by atoms with E-state index in [4.69, 9.17) is 9.47 Å². The molecule has 0 atom stereocenters. The largest absolute Gasteiger partial charge is 0.493 e. The van der Waals surface area contributed by atoms with Crippen LogP contribution in [0.3, 0.4) is 0 Å². The summed E-state index contributed by atoms with van der Waals surface area (Å²) in [4.78, 5) is 18.6. The van der Waals surface area contributed by atoms with Crippen LogP contribution in [-0.4, -0.2) is 53.4 Å². The first-order valence-corrected chi connectivity index (χ1v) is 9.09. The molecule has 0 radical (unpaired) electrons. The number of carbonyl (C=O) groups excluding carboxylic acids is 1. The van der Waals surface area contributed by atoms with Gasteiger partial charge in [-0.25, -0.2) is 14.1 Å². The molecule has 1 aromatic heterocycles. The van der Waals surface area contributed by atoms with Crippen LogP contribution in [0.5, 0.6) is 11.5 Å². The summed E-state index contributed by atoms with van der Waals surface area (Å²) in [6.45, 7) is 2.23. The zero-order valence-electron chi connectivity index (χ0n) is 16.8. The third-order valence-corrected chi connectivity index (χ3v) is 4.56. The summed E-state index contributed by atoms with van der Waals surface area (Å²) in [5.74, 6) is 1.34. The van der Waals surface area contributed by atoms with E-state index in [1.54, 1.807) is 45.2 Å². The molecule has 0 aliphatic rings. The molecule has 0 N–H and O–H groups in total. The Balaban J connectivity index is 1.69. The predicted molar refractivity (Wildman–Crippen MR) is 106 cm³/mol. The summed E-state index contributed by atoms with van der Waals surface area (Å²) >= 11 is 0. The number of methoxy groups -OCH3 is 2. The number of likely N-dealkylation sites (N-methyl/N-ethyl adjacent to an activating group) is 1. The van der Waals surface area contributed by atoms with Crippen molar-refractivity contribution < 1.29 is 18.7 Å². The quantitative estimate of drug-likeness (QED) is 0.612. The van der Waals surface area contributed by atoms with Crippen LogP contribution in [0.25, 0.3) is 5.69 Å². The van der Waals surface area contributed by atoms with Gasteiger partial charge in [-0.05, 0) is 55.3 Å². The van der Waals surface area contributed by atoms with Gasteiger partial charge >= 0.3 is 0 Å². The highest BCUT2D eigenvalue weighted by Crippen LogP contribution is 2.27. The summed E-state index contributed by atoms with van der Waals surface area (Å²) < 4.78 is 25.2. The number of aromatic nitrogens is 3. The molecule has 3 rings (SSSR count). The van der Waals surface area contributed by atoms with Gasteiger partial charge in [0.1, 0.15) is 11.6 Å². The highest BCUT2D eigenvalue weighted by Gasteiger charge is 2.19. The molecule has 0 unspecified atom stereocenters. The number of benzene rings is 2. The van der Waals surface area contributed by atoms with Crippen molar-refractivity contribution in [3.05, 3.63) is 65.5 Å². The van der Waals surface area contributed by atoms with Crippen molar-refractivity contribution >= 4 is 5.91 Å². The van der Waals surface area contributed by atoms with E-state index in [1.165, 1.54) is 16.8 Å². The fourth-order valence-electron chi connectivity index (χ4n) is 2.91. The van der Waals surface area contributed by atoms with E-state index in [1.807, 2.05) is 18.2 Å². The molecule has 7 nitrogen and oxygen atoms in total.